The van der Waals surface area contributed by atoms with Gasteiger partial charge in [0.1, 0.15) is 11.3 Å². The van der Waals surface area contributed by atoms with Gasteiger partial charge in [0.05, 0.1) is 5.02 Å². The van der Waals surface area contributed by atoms with E-state index in [1.807, 2.05) is 24.4 Å². The Morgan fingerprint density at radius 1 is 1.20 bits per heavy atom. The van der Waals surface area contributed by atoms with Crippen molar-refractivity contribution in [2.24, 2.45) is 5.16 Å². The van der Waals surface area contributed by atoms with Crippen LogP contribution in [0.15, 0.2) is 41.2 Å². The lowest BCUT2D eigenvalue weighted by Crippen LogP contribution is -2.26. The predicted molar refractivity (Wildman–Crippen MR) is 77.6 cm³/mol. The quantitative estimate of drug-likeness (QED) is 0.621. The van der Waals surface area contributed by atoms with Gasteiger partial charge in [0.2, 0.25) is 0 Å². The van der Waals surface area contributed by atoms with Crippen molar-refractivity contribution in [3.63, 3.8) is 0 Å². The van der Waals surface area contributed by atoms with E-state index in [-0.39, 0.29) is 0 Å². The second kappa shape index (κ2) is 5.67. The second-order valence-corrected chi connectivity index (χ2v) is 5.35. The first-order valence-corrected chi connectivity index (χ1v) is 7.14. The summed E-state index contributed by atoms with van der Waals surface area (Å²) in [7, 11) is 0. The maximum atomic E-state index is 11.9. The number of piperidine rings is 1. The SMILES string of the molecule is O=C1ON=C(c2ccccc2Cl)C1=CN1CCCCC1. The zero-order valence-corrected chi connectivity index (χ0v) is 11.8. The molecule has 1 aromatic rings. The molecule has 2 heterocycles. The van der Waals surface area contributed by atoms with Gasteiger partial charge in [-0.3, -0.25) is 0 Å². The summed E-state index contributed by atoms with van der Waals surface area (Å²) in [4.78, 5) is 18.8. The zero-order chi connectivity index (χ0) is 13.9. The maximum absolute atomic E-state index is 11.9. The van der Waals surface area contributed by atoms with Crippen molar-refractivity contribution >= 4 is 23.3 Å². The fraction of sp³-hybridized carbons (Fsp3) is 0.333. The molecule has 5 heteroatoms. The highest BCUT2D eigenvalue weighted by Crippen LogP contribution is 2.24. The van der Waals surface area contributed by atoms with Crippen LogP contribution in [0.1, 0.15) is 24.8 Å². The Kier molecular flexibility index (Phi) is 3.74. The first-order valence-electron chi connectivity index (χ1n) is 6.76. The van der Waals surface area contributed by atoms with Crippen LogP contribution >= 0.6 is 11.6 Å². The van der Waals surface area contributed by atoms with E-state index in [0.29, 0.717) is 16.3 Å². The summed E-state index contributed by atoms with van der Waals surface area (Å²) >= 11 is 6.17. The number of hydrogen-bond donors (Lipinski definition) is 0. The van der Waals surface area contributed by atoms with Crippen LogP contribution in [0.4, 0.5) is 0 Å². The Morgan fingerprint density at radius 2 is 1.95 bits per heavy atom. The monoisotopic (exact) mass is 290 g/mol. The van der Waals surface area contributed by atoms with Crippen LogP contribution in [0.25, 0.3) is 0 Å². The molecule has 0 unspecified atom stereocenters. The molecule has 4 nitrogen and oxygen atoms in total. The minimum Gasteiger partial charge on any atom is -0.377 e. The molecule has 0 saturated carbocycles. The fourth-order valence-corrected chi connectivity index (χ4v) is 2.70. The smallest absolute Gasteiger partial charge is 0.369 e. The third kappa shape index (κ3) is 2.56. The van der Waals surface area contributed by atoms with Crippen LogP contribution in [0.5, 0.6) is 0 Å². The Labute approximate surface area is 122 Å². The van der Waals surface area contributed by atoms with E-state index in [9.17, 15) is 4.79 Å². The van der Waals surface area contributed by atoms with Crippen LogP contribution in [-0.4, -0.2) is 29.7 Å². The Balaban J connectivity index is 1.92. The summed E-state index contributed by atoms with van der Waals surface area (Å²) in [5.74, 6) is -0.412. The van der Waals surface area contributed by atoms with Gasteiger partial charge in [0.15, 0.2) is 0 Å². The van der Waals surface area contributed by atoms with Gasteiger partial charge in [0.25, 0.3) is 0 Å². The molecule has 104 valence electrons. The average molecular weight is 291 g/mol. The molecule has 0 aromatic heterocycles. The van der Waals surface area contributed by atoms with Gasteiger partial charge in [-0.2, -0.15) is 0 Å². The normalized spacial score (nSPS) is 21.1. The minimum absolute atomic E-state index is 0.412. The number of oxime groups is 1. The topological polar surface area (TPSA) is 41.9 Å². The molecule has 0 amide bonds. The molecule has 20 heavy (non-hydrogen) atoms. The fourth-order valence-electron chi connectivity index (χ4n) is 2.47. The molecular formula is C15H15ClN2O2. The van der Waals surface area contributed by atoms with Crippen LogP contribution in [0.2, 0.25) is 5.02 Å². The highest BCUT2D eigenvalue weighted by Gasteiger charge is 2.29. The highest BCUT2D eigenvalue weighted by atomic mass is 35.5. The number of likely N-dealkylation sites (tertiary alicyclic amines) is 1. The lowest BCUT2D eigenvalue weighted by molar-refractivity contribution is -0.136. The van der Waals surface area contributed by atoms with Crippen molar-refractivity contribution in [1.29, 1.82) is 0 Å². The summed E-state index contributed by atoms with van der Waals surface area (Å²) in [5, 5.41) is 4.45. The number of carbonyl (C=O) groups excluding carboxylic acids is 1. The van der Waals surface area contributed by atoms with Gasteiger partial charge < -0.3 is 9.74 Å². The van der Waals surface area contributed by atoms with E-state index in [4.69, 9.17) is 16.4 Å². The molecule has 1 fully saturated rings. The van der Waals surface area contributed by atoms with E-state index in [1.54, 1.807) is 6.07 Å². The van der Waals surface area contributed by atoms with Gasteiger partial charge in [-0.05, 0) is 25.3 Å². The summed E-state index contributed by atoms with van der Waals surface area (Å²) in [6, 6.07) is 7.33. The van der Waals surface area contributed by atoms with Crippen molar-refractivity contribution in [1.82, 2.24) is 4.90 Å². The molecule has 1 saturated heterocycles. The Bertz CT molecular complexity index is 589. The van der Waals surface area contributed by atoms with Gasteiger partial charge in [-0.25, -0.2) is 4.79 Å². The minimum atomic E-state index is -0.412. The van der Waals surface area contributed by atoms with Gasteiger partial charge >= 0.3 is 5.97 Å². The largest absolute Gasteiger partial charge is 0.377 e. The second-order valence-electron chi connectivity index (χ2n) is 4.94. The van der Waals surface area contributed by atoms with Crippen LogP contribution in [0, 0.1) is 0 Å². The third-order valence-electron chi connectivity index (χ3n) is 3.53. The standard InChI is InChI=1S/C15H15ClN2O2/c16-13-7-3-2-6-11(13)14-12(15(19)20-17-14)10-18-8-4-1-5-9-18/h2-3,6-7,10H,1,4-5,8-9H2. The molecule has 0 spiro atoms. The summed E-state index contributed by atoms with van der Waals surface area (Å²) in [5.41, 5.74) is 1.73. The van der Waals surface area contributed by atoms with Crippen LogP contribution < -0.4 is 0 Å². The summed E-state index contributed by atoms with van der Waals surface area (Å²) in [6.45, 7) is 1.93. The van der Waals surface area contributed by atoms with Gasteiger partial charge in [0, 0.05) is 24.9 Å². The maximum Gasteiger partial charge on any atom is 0.369 e. The van der Waals surface area contributed by atoms with Crippen LogP contribution in [0.3, 0.4) is 0 Å². The van der Waals surface area contributed by atoms with Crippen molar-refractivity contribution in [3.8, 4) is 0 Å². The number of halogens is 1. The molecule has 3 rings (SSSR count). The first-order chi connectivity index (χ1) is 9.75. The van der Waals surface area contributed by atoms with Crippen molar-refractivity contribution < 1.29 is 9.63 Å². The molecule has 2 aliphatic rings. The number of rotatable bonds is 2. The van der Waals surface area contributed by atoms with Crippen molar-refractivity contribution in [2.75, 3.05) is 13.1 Å². The predicted octanol–water partition coefficient (Wildman–Crippen LogP) is 2.97. The first kappa shape index (κ1) is 13.2. The zero-order valence-electron chi connectivity index (χ0n) is 11.0. The molecule has 0 atom stereocenters. The van der Waals surface area contributed by atoms with E-state index in [0.717, 1.165) is 31.5 Å². The highest BCUT2D eigenvalue weighted by molar-refractivity contribution is 6.38. The van der Waals surface area contributed by atoms with Gasteiger partial charge in [-0.15, -0.1) is 0 Å². The lowest BCUT2D eigenvalue weighted by Gasteiger charge is -2.25. The van der Waals surface area contributed by atoms with E-state index < -0.39 is 5.97 Å². The lowest BCUT2D eigenvalue weighted by atomic mass is 10.0. The van der Waals surface area contributed by atoms with E-state index in [1.165, 1.54) is 6.42 Å². The van der Waals surface area contributed by atoms with Crippen LogP contribution in [-0.2, 0) is 9.63 Å². The Hall–Kier alpha value is -1.81. The molecule has 2 aliphatic heterocycles. The molecule has 1 aromatic carbocycles. The number of nitrogens with zero attached hydrogens (tertiary/aromatic N) is 2. The number of benzene rings is 1. The van der Waals surface area contributed by atoms with E-state index in [2.05, 4.69) is 10.1 Å². The number of hydrogen-bond acceptors (Lipinski definition) is 4. The Morgan fingerprint density at radius 3 is 2.70 bits per heavy atom. The van der Waals surface area contributed by atoms with Crippen molar-refractivity contribution in [3.05, 3.63) is 46.6 Å². The van der Waals surface area contributed by atoms with Gasteiger partial charge in [-0.1, -0.05) is 35.0 Å². The molecule has 0 bridgehead atoms. The molecule has 0 N–H and O–H groups in total. The summed E-state index contributed by atoms with van der Waals surface area (Å²) in [6.07, 6.45) is 5.40. The van der Waals surface area contributed by atoms with E-state index >= 15 is 0 Å². The van der Waals surface area contributed by atoms with Crippen molar-refractivity contribution in [2.45, 2.75) is 19.3 Å². The number of carbonyl (C=O) groups is 1. The molecular weight excluding hydrogens is 276 g/mol. The summed E-state index contributed by atoms with van der Waals surface area (Å²) < 4.78 is 0. The average Bonchev–Trinajstić information content (AvgIpc) is 2.82. The molecule has 0 radical (unpaired) electrons. The third-order valence-corrected chi connectivity index (χ3v) is 3.86. The molecule has 0 aliphatic carbocycles.